The van der Waals surface area contributed by atoms with Crippen LogP contribution in [0.25, 0.3) is 0 Å². The summed E-state index contributed by atoms with van der Waals surface area (Å²) in [7, 11) is 0. The Morgan fingerprint density at radius 3 is 3.00 bits per heavy atom. The summed E-state index contributed by atoms with van der Waals surface area (Å²) in [4.78, 5) is 0. The molecule has 1 saturated heterocycles. The van der Waals surface area contributed by atoms with Gasteiger partial charge in [-0.25, -0.2) is 0 Å². The maximum Gasteiger partial charge on any atom is 0.0587 e. The Hall–Kier alpha value is -0.340. The van der Waals surface area contributed by atoms with Gasteiger partial charge in [0.05, 0.1) is 6.10 Å². The van der Waals surface area contributed by atoms with Crippen LogP contribution in [0.3, 0.4) is 0 Å². The van der Waals surface area contributed by atoms with Gasteiger partial charge in [0.2, 0.25) is 0 Å². The number of ether oxygens (including phenoxy) is 1. The Morgan fingerprint density at radius 2 is 2.28 bits per heavy atom. The van der Waals surface area contributed by atoms with Crippen molar-refractivity contribution in [2.75, 3.05) is 19.7 Å². The number of allylic oxidation sites excluding steroid dienone is 2. The predicted octanol–water partition coefficient (Wildman–Crippen LogP) is 3.53. The van der Waals surface area contributed by atoms with Crippen LogP contribution in [0.2, 0.25) is 0 Å². The first-order valence-corrected chi connectivity index (χ1v) is 7.73. The van der Waals surface area contributed by atoms with E-state index in [1.165, 1.54) is 45.1 Å². The Labute approximate surface area is 112 Å². The monoisotopic (exact) mass is 251 g/mol. The van der Waals surface area contributed by atoms with E-state index in [0.717, 1.165) is 25.0 Å². The van der Waals surface area contributed by atoms with Crippen molar-refractivity contribution in [1.29, 1.82) is 0 Å². The van der Waals surface area contributed by atoms with Gasteiger partial charge in [-0.3, -0.25) is 0 Å². The molecular formula is C16H29NO. The Kier molecular flexibility index (Phi) is 5.71. The quantitative estimate of drug-likeness (QED) is 0.596. The van der Waals surface area contributed by atoms with E-state index in [1.807, 2.05) is 0 Å². The van der Waals surface area contributed by atoms with Gasteiger partial charge in [0.25, 0.3) is 0 Å². The highest BCUT2D eigenvalue weighted by molar-refractivity contribution is 5.06. The van der Waals surface area contributed by atoms with Crippen LogP contribution in [-0.4, -0.2) is 25.8 Å². The molecule has 1 fully saturated rings. The van der Waals surface area contributed by atoms with Crippen LogP contribution in [0.4, 0.5) is 0 Å². The van der Waals surface area contributed by atoms with E-state index >= 15 is 0 Å². The van der Waals surface area contributed by atoms with Crippen LogP contribution in [0.1, 0.15) is 52.4 Å². The topological polar surface area (TPSA) is 21.3 Å². The largest absolute Gasteiger partial charge is 0.378 e. The average Bonchev–Trinajstić information content (AvgIpc) is 2.35. The van der Waals surface area contributed by atoms with Gasteiger partial charge in [-0.1, -0.05) is 18.6 Å². The minimum atomic E-state index is 0.526. The highest BCUT2D eigenvalue weighted by Gasteiger charge is 2.18. The molecule has 3 unspecified atom stereocenters. The molecule has 0 radical (unpaired) electrons. The third-order valence-electron chi connectivity index (χ3n) is 4.23. The fourth-order valence-corrected chi connectivity index (χ4v) is 3.45. The third-order valence-corrected chi connectivity index (χ3v) is 4.23. The van der Waals surface area contributed by atoms with Crippen LogP contribution in [-0.2, 0) is 4.74 Å². The lowest BCUT2D eigenvalue weighted by Crippen LogP contribution is -2.30. The molecule has 1 aliphatic heterocycles. The molecule has 2 rings (SSSR count). The van der Waals surface area contributed by atoms with E-state index in [9.17, 15) is 0 Å². The van der Waals surface area contributed by atoms with Gasteiger partial charge in [0, 0.05) is 6.61 Å². The van der Waals surface area contributed by atoms with Gasteiger partial charge >= 0.3 is 0 Å². The lowest BCUT2D eigenvalue weighted by atomic mass is 9.84. The summed E-state index contributed by atoms with van der Waals surface area (Å²) < 4.78 is 5.75. The third kappa shape index (κ3) is 4.74. The lowest BCUT2D eigenvalue weighted by molar-refractivity contribution is 0.0114. The highest BCUT2D eigenvalue weighted by atomic mass is 16.5. The minimum Gasteiger partial charge on any atom is -0.378 e. The maximum absolute atomic E-state index is 5.75. The van der Waals surface area contributed by atoms with Gasteiger partial charge < -0.3 is 10.1 Å². The first-order chi connectivity index (χ1) is 8.74. The van der Waals surface area contributed by atoms with Crippen molar-refractivity contribution in [3.05, 3.63) is 11.6 Å². The van der Waals surface area contributed by atoms with Crippen LogP contribution in [0.15, 0.2) is 11.6 Å². The molecule has 1 N–H and O–H groups in total. The van der Waals surface area contributed by atoms with Crippen LogP contribution in [0.5, 0.6) is 0 Å². The zero-order chi connectivity index (χ0) is 12.8. The standard InChI is InChI=1S/C16H29NO/c1-13-9-14(2)11-15(10-13)12-17-7-6-16-5-3-4-8-18-16/h9,13,15-17H,3-8,10-12H2,1-2H3. The number of rotatable bonds is 5. The summed E-state index contributed by atoms with van der Waals surface area (Å²) >= 11 is 0. The second-order valence-corrected chi connectivity index (χ2v) is 6.28. The Bertz CT molecular complexity index is 268. The van der Waals surface area contributed by atoms with E-state index in [1.54, 1.807) is 5.57 Å². The van der Waals surface area contributed by atoms with Gasteiger partial charge in [0.15, 0.2) is 0 Å². The SMILES string of the molecule is CC1=CC(C)CC(CNCCC2CCCCO2)C1. The molecule has 1 heterocycles. The van der Waals surface area contributed by atoms with Crippen molar-refractivity contribution in [3.63, 3.8) is 0 Å². The van der Waals surface area contributed by atoms with Crippen LogP contribution < -0.4 is 5.32 Å². The van der Waals surface area contributed by atoms with Gasteiger partial charge in [0.1, 0.15) is 0 Å². The molecule has 18 heavy (non-hydrogen) atoms. The summed E-state index contributed by atoms with van der Waals surface area (Å²) in [6.07, 6.45) is 10.7. The van der Waals surface area contributed by atoms with E-state index in [-0.39, 0.29) is 0 Å². The van der Waals surface area contributed by atoms with Crippen molar-refractivity contribution >= 4 is 0 Å². The number of nitrogens with one attached hydrogen (secondary N) is 1. The van der Waals surface area contributed by atoms with Crippen LogP contribution >= 0.6 is 0 Å². The summed E-state index contributed by atoms with van der Waals surface area (Å²) in [5.74, 6) is 1.62. The number of hydrogen-bond donors (Lipinski definition) is 1. The first kappa shape index (κ1) is 14.1. The molecule has 104 valence electrons. The van der Waals surface area contributed by atoms with E-state index < -0.39 is 0 Å². The molecule has 2 aliphatic rings. The molecule has 0 aromatic rings. The second-order valence-electron chi connectivity index (χ2n) is 6.28. The molecular weight excluding hydrogens is 222 g/mol. The molecule has 0 bridgehead atoms. The van der Waals surface area contributed by atoms with Crippen molar-refractivity contribution in [2.24, 2.45) is 11.8 Å². The molecule has 2 heteroatoms. The smallest absolute Gasteiger partial charge is 0.0587 e. The van der Waals surface area contributed by atoms with E-state index in [2.05, 4.69) is 25.2 Å². The van der Waals surface area contributed by atoms with Crippen molar-refractivity contribution in [2.45, 2.75) is 58.5 Å². The fraction of sp³-hybridized carbons (Fsp3) is 0.875. The zero-order valence-electron chi connectivity index (χ0n) is 12.1. The van der Waals surface area contributed by atoms with Gasteiger partial charge in [-0.15, -0.1) is 0 Å². The normalized spacial score (nSPS) is 33.2. The molecule has 2 nitrogen and oxygen atoms in total. The molecule has 0 saturated carbocycles. The van der Waals surface area contributed by atoms with Gasteiger partial charge in [-0.05, 0) is 70.4 Å². The molecule has 1 aliphatic carbocycles. The summed E-state index contributed by atoms with van der Waals surface area (Å²) in [5, 5.41) is 3.64. The van der Waals surface area contributed by atoms with Crippen molar-refractivity contribution < 1.29 is 4.74 Å². The Morgan fingerprint density at radius 1 is 1.39 bits per heavy atom. The average molecular weight is 251 g/mol. The zero-order valence-corrected chi connectivity index (χ0v) is 12.1. The summed E-state index contributed by atoms with van der Waals surface area (Å²) in [5.41, 5.74) is 1.58. The molecule has 0 aromatic heterocycles. The lowest BCUT2D eigenvalue weighted by Gasteiger charge is -2.26. The molecule has 0 amide bonds. The first-order valence-electron chi connectivity index (χ1n) is 7.73. The van der Waals surface area contributed by atoms with Crippen molar-refractivity contribution in [1.82, 2.24) is 5.32 Å². The maximum atomic E-state index is 5.75. The summed E-state index contributed by atoms with van der Waals surface area (Å²) in [6.45, 7) is 7.90. The number of hydrogen-bond acceptors (Lipinski definition) is 2. The highest BCUT2D eigenvalue weighted by Crippen LogP contribution is 2.27. The van der Waals surface area contributed by atoms with Crippen LogP contribution in [0, 0.1) is 11.8 Å². The van der Waals surface area contributed by atoms with E-state index in [4.69, 9.17) is 4.74 Å². The van der Waals surface area contributed by atoms with E-state index in [0.29, 0.717) is 6.10 Å². The Balaban J connectivity index is 1.56. The minimum absolute atomic E-state index is 0.526. The second kappa shape index (κ2) is 7.30. The molecule has 0 spiro atoms. The van der Waals surface area contributed by atoms with Gasteiger partial charge in [-0.2, -0.15) is 0 Å². The predicted molar refractivity (Wildman–Crippen MR) is 76.7 cm³/mol. The molecule has 3 atom stereocenters. The molecule has 0 aromatic carbocycles. The fourth-order valence-electron chi connectivity index (χ4n) is 3.45. The van der Waals surface area contributed by atoms with Crippen molar-refractivity contribution in [3.8, 4) is 0 Å². The summed E-state index contributed by atoms with van der Waals surface area (Å²) in [6, 6.07) is 0.